The van der Waals surface area contributed by atoms with Crippen molar-refractivity contribution in [3.05, 3.63) is 29.8 Å². The van der Waals surface area contributed by atoms with E-state index in [4.69, 9.17) is 4.74 Å². The zero-order valence-electron chi connectivity index (χ0n) is 13.8. The lowest BCUT2D eigenvalue weighted by atomic mass is 9.84. The summed E-state index contributed by atoms with van der Waals surface area (Å²) in [7, 11) is 0. The Hall–Kier alpha value is -1.51. The van der Waals surface area contributed by atoms with E-state index in [1.807, 2.05) is 38.1 Å². The Morgan fingerprint density at radius 3 is 2.73 bits per heavy atom. The Kier molecular flexibility index (Phi) is 4.42. The second-order valence-electron chi connectivity index (χ2n) is 7.21. The number of carbonyl (C=O) groups excluding carboxylic acids is 1. The highest BCUT2D eigenvalue weighted by molar-refractivity contribution is 5.81. The zero-order valence-corrected chi connectivity index (χ0v) is 13.8. The fourth-order valence-corrected chi connectivity index (χ4v) is 4.30. The fourth-order valence-electron chi connectivity index (χ4n) is 4.30. The summed E-state index contributed by atoms with van der Waals surface area (Å²) in [6.07, 6.45) is 4.96. The second kappa shape index (κ2) is 6.31. The predicted octanol–water partition coefficient (Wildman–Crippen LogP) is 3.70. The summed E-state index contributed by atoms with van der Waals surface area (Å²) in [5, 5.41) is 3.18. The van der Waals surface area contributed by atoms with Crippen LogP contribution in [0.5, 0.6) is 5.75 Å². The number of fused-ring (bicyclic) bond motifs is 2. The lowest BCUT2D eigenvalue weighted by Gasteiger charge is -2.29. The Morgan fingerprint density at radius 2 is 2.09 bits per heavy atom. The summed E-state index contributed by atoms with van der Waals surface area (Å²) in [6.45, 7) is 6.00. The third-order valence-electron chi connectivity index (χ3n) is 5.48. The number of rotatable bonds is 5. The minimum atomic E-state index is -0.456. The molecule has 0 spiro atoms. The number of amides is 1. The van der Waals surface area contributed by atoms with Gasteiger partial charge in [0.2, 0.25) is 0 Å². The molecular formula is C19H27NO2. The third-order valence-corrected chi connectivity index (χ3v) is 5.48. The summed E-state index contributed by atoms with van der Waals surface area (Å²) >= 11 is 0. The van der Waals surface area contributed by atoms with Crippen LogP contribution < -0.4 is 10.1 Å². The number of benzene rings is 1. The van der Waals surface area contributed by atoms with Gasteiger partial charge in [-0.05, 0) is 75.5 Å². The van der Waals surface area contributed by atoms with E-state index >= 15 is 0 Å². The van der Waals surface area contributed by atoms with Crippen molar-refractivity contribution >= 4 is 5.91 Å². The smallest absolute Gasteiger partial charge is 0.260 e. The Labute approximate surface area is 133 Å². The minimum Gasteiger partial charge on any atom is -0.481 e. The van der Waals surface area contributed by atoms with Crippen LogP contribution in [0.4, 0.5) is 0 Å². The zero-order chi connectivity index (χ0) is 15.7. The Bertz CT molecular complexity index is 542. The first-order chi connectivity index (χ1) is 10.5. The van der Waals surface area contributed by atoms with E-state index in [2.05, 4.69) is 12.2 Å². The molecule has 0 aliphatic heterocycles. The van der Waals surface area contributed by atoms with Gasteiger partial charge in [0.25, 0.3) is 5.91 Å². The maximum atomic E-state index is 12.4. The molecule has 1 aromatic carbocycles. The van der Waals surface area contributed by atoms with Crippen LogP contribution in [-0.4, -0.2) is 18.1 Å². The summed E-state index contributed by atoms with van der Waals surface area (Å²) < 4.78 is 5.77. The number of carbonyl (C=O) groups is 1. The van der Waals surface area contributed by atoms with Crippen molar-refractivity contribution < 1.29 is 9.53 Å². The third kappa shape index (κ3) is 3.29. The maximum Gasteiger partial charge on any atom is 0.260 e. The molecule has 0 heterocycles. The van der Waals surface area contributed by atoms with Crippen LogP contribution in [0.2, 0.25) is 0 Å². The van der Waals surface area contributed by atoms with Crippen molar-refractivity contribution in [1.29, 1.82) is 0 Å². The van der Waals surface area contributed by atoms with E-state index in [0.717, 1.165) is 23.1 Å². The van der Waals surface area contributed by atoms with Gasteiger partial charge in [0.05, 0.1) is 0 Å². The van der Waals surface area contributed by atoms with Crippen LogP contribution in [0, 0.1) is 24.7 Å². The summed E-state index contributed by atoms with van der Waals surface area (Å²) in [4.78, 5) is 12.4. The number of ether oxygens (including phenoxy) is 1. The first kappa shape index (κ1) is 15.4. The SMILES string of the molecule is Cc1cccc(O[C@H](C)C(=O)N[C@@H](C)[C@@H]2C[C@@H]3CC[C@@H]2C3)c1. The average molecular weight is 301 g/mol. The van der Waals surface area contributed by atoms with Gasteiger partial charge < -0.3 is 10.1 Å². The van der Waals surface area contributed by atoms with Gasteiger partial charge in [-0.2, -0.15) is 0 Å². The number of aryl methyl sites for hydroxylation is 1. The molecule has 2 saturated carbocycles. The lowest BCUT2D eigenvalue weighted by molar-refractivity contribution is -0.128. The first-order valence-corrected chi connectivity index (χ1v) is 8.56. The molecule has 1 amide bonds. The van der Waals surface area contributed by atoms with Crippen LogP contribution >= 0.6 is 0 Å². The van der Waals surface area contributed by atoms with Crippen LogP contribution in [0.3, 0.4) is 0 Å². The standard InChI is InChI=1S/C19H27NO2/c1-12-5-4-6-17(9-12)22-14(3)19(21)20-13(2)18-11-15-7-8-16(18)10-15/h4-6,9,13-16,18H,7-8,10-11H2,1-3H3,(H,20,21)/t13-,14+,15+,16+,18-/m0/s1. The molecule has 120 valence electrons. The van der Waals surface area contributed by atoms with E-state index < -0.39 is 6.10 Å². The van der Waals surface area contributed by atoms with Crippen LogP contribution in [0.1, 0.15) is 45.1 Å². The van der Waals surface area contributed by atoms with Crippen molar-refractivity contribution in [2.75, 3.05) is 0 Å². The van der Waals surface area contributed by atoms with Gasteiger partial charge in [-0.25, -0.2) is 0 Å². The van der Waals surface area contributed by atoms with Crippen LogP contribution in [0.25, 0.3) is 0 Å². The molecule has 22 heavy (non-hydrogen) atoms. The Balaban J connectivity index is 1.52. The highest BCUT2D eigenvalue weighted by Crippen LogP contribution is 2.49. The average Bonchev–Trinajstić information content (AvgIpc) is 3.09. The molecule has 3 heteroatoms. The van der Waals surface area contributed by atoms with Crippen molar-refractivity contribution in [3.63, 3.8) is 0 Å². The molecule has 2 bridgehead atoms. The monoisotopic (exact) mass is 301 g/mol. The van der Waals surface area contributed by atoms with Crippen molar-refractivity contribution in [2.45, 2.75) is 58.6 Å². The van der Waals surface area contributed by atoms with Gasteiger partial charge in [-0.15, -0.1) is 0 Å². The summed E-state index contributed by atoms with van der Waals surface area (Å²) in [5.74, 6) is 3.16. The van der Waals surface area contributed by atoms with E-state index in [1.165, 1.54) is 25.7 Å². The van der Waals surface area contributed by atoms with E-state index in [-0.39, 0.29) is 11.9 Å². The van der Waals surface area contributed by atoms with Gasteiger partial charge >= 0.3 is 0 Å². The van der Waals surface area contributed by atoms with Crippen molar-refractivity contribution in [3.8, 4) is 5.75 Å². The fraction of sp³-hybridized carbons (Fsp3) is 0.632. The van der Waals surface area contributed by atoms with Gasteiger partial charge in [0, 0.05) is 6.04 Å². The molecule has 0 unspecified atom stereocenters. The molecule has 0 radical (unpaired) electrons. The van der Waals surface area contributed by atoms with Gasteiger partial charge in [0.1, 0.15) is 5.75 Å². The number of nitrogens with one attached hydrogen (secondary N) is 1. The van der Waals surface area contributed by atoms with Crippen LogP contribution in [0.15, 0.2) is 24.3 Å². The van der Waals surface area contributed by atoms with Crippen LogP contribution in [-0.2, 0) is 4.79 Å². The highest BCUT2D eigenvalue weighted by Gasteiger charge is 2.42. The second-order valence-corrected chi connectivity index (χ2v) is 7.21. The molecular weight excluding hydrogens is 274 g/mol. The molecule has 1 N–H and O–H groups in total. The predicted molar refractivity (Wildman–Crippen MR) is 87.8 cm³/mol. The molecule has 3 rings (SSSR count). The molecule has 2 aliphatic rings. The normalized spacial score (nSPS) is 29.1. The molecule has 5 atom stereocenters. The minimum absolute atomic E-state index is 0.00298. The molecule has 1 aromatic rings. The highest BCUT2D eigenvalue weighted by atomic mass is 16.5. The number of hydrogen-bond donors (Lipinski definition) is 1. The topological polar surface area (TPSA) is 38.3 Å². The summed E-state index contributed by atoms with van der Waals surface area (Å²) in [6, 6.07) is 8.09. The first-order valence-electron chi connectivity index (χ1n) is 8.56. The van der Waals surface area contributed by atoms with Gasteiger partial charge in [-0.1, -0.05) is 18.6 Å². The molecule has 0 aromatic heterocycles. The maximum absolute atomic E-state index is 12.4. The van der Waals surface area contributed by atoms with Crippen molar-refractivity contribution in [2.24, 2.45) is 17.8 Å². The molecule has 2 aliphatic carbocycles. The van der Waals surface area contributed by atoms with E-state index in [0.29, 0.717) is 5.92 Å². The van der Waals surface area contributed by atoms with E-state index in [9.17, 15) is 4.79 Å². The number of hydrogen-bond acceptors (Lipinski definition) is 2. The lowest BCUT2D eigenvalue weighted by Crippen LogP contribution is -2.45. The quantitative estimate of drug-likeness (QED) is 0.900. The van der Waals surface area contributed by atoms with Gasteiger partial charge in [0.15, 0.2) is 6.10 Å². The molecule has 2 fully saturated rings. The Morgan fingerprint density at radius 1 is 1.27 bits per heavy atom. The molecule has 3 nitrogen and oxygen atoms in total. The van der Waals surface area contributed by atoms with E-state index in [1.54, 1.807) is 0 Å². The summed E-state index contributed by atoms with van der Waals surface area (Å²) in [5.41, 5.74) is 1.14. The van der Waals surface area contributed by atoms with Gasteiger partial charge in [-0.3, -0.25) is 4.79 Å². The molecule has 0 saturated heterocycles. The largest absolute Gasteiger partial charge is 0.481 e. The van der Waals surface area contributed by atoms with Crippen molar-refractivity contribution in [1.82, 2.24) is 5.32 Å².